The topological polar surface area (TPSA) is 102 Å². The van der Waals surface area contributed by atoms with Gasteiger partial charge in [-0.3, -0.25) is 4.79 Å². The fraction of sp³-hybridized carbons (Fsp3) is 0.381. The summed E-state index contributed by atoms with van der Waals surface area (Å²) >= 11 is 5.91. The molecule has 4 N–H and O–H groups in total. The minimum absolute atomic E-state index is 0.000949. The van der Waals surface area contributed by atoms with Gasteiger partial charge in [0, 0.05) is 11.4 Å². The number of para-hydroxylation sites is 2. The predicted molar refractivity (Wildman–Crippen MR) is 109 cm³/mol. The van der Waals surface area contributed by atoms with Crippen molar-refractivity contribution in [3.63, 3.8) is 0 Å². The summed E-state index contributed by atoms with van der Waals surface area (Å²) in [4.78, 5) is 11.7. The molecule has 2 aromatic carbocycles. The van der Waals surface area contributed by atoms with E-state index in [0.29, 0.717) is 40.6 Å². The summed E-state index contributed by atoms with van der Waals surface area (Å²) in [7, 11) is 0. The van der Waals surface area contributed by atoms with Crippen LogP contribution in [0.5, 0.6) is 17.2 Å². The first-order valence-corrected chi connectivity index (χ1v) is 9.87. The summed E-state index contributed by atoms with van der Waals surface area (Å²) in [5, 5.41) is 20.9. The number of likely N-dealkylation sites (tertiary alicyclic amines) is 1. The van der Waals surface area contributed by atoms with E-state index >= 15 is 0 Å². The number of amides is 1. The number of aliphatic hydroxyl groups excluding tert-OH is 1. The van der Waals surface area contributed by atoms with Gasteiger partial charge in [-0.15, -0.1) is 0 Å². The van der Waals surface area contributed by atoms with Crippen LogP contribution < -0.4 is 15.2 Å². The van der Waals surface area contributed by atoms with Gasteiger partial charge in [-0.05, 0) is 36.4 Å². The van der Waals surface area contributed by atoms with Crippen LogP contribution in [0.2, 0.25) is 5.02 Å². The molecular weight excluding hydrogens is 396 g/mol. The second-order valence-electron chi connectivity index (χ2n) is 7.47. The number of quaternary nitrogens is 1. The van der Waals surface area contributed by atoms with Gasteiger partial charge in [-0.1, -0.05) is 23.7 Å². The average Bonchev–Trinajstić information content (AvgIpc) is 3.04. The van der Waals surface area contributed by atoms with Crippen molar-refractivity contribution >= 4 is 17.5 Å². The van der Waals surface area contributed by atoms with Gasteiger partial charge in [-0.25, -0.2) is 0 Å². The van der Waals surface area contributed by atoms with Crippen molar-refractivity contribution in [1.82, 2.24) is 0 Å². The number of primary amides is 1. The van der Waals surface area contributed by atoms with Gasteiger partial charge >= 0.3 is 0 Å². The number of hydrogen-bond acceptors (Lipinski definition) is 5. The number of nitrogens with two attached hydrogens (primary N) is 1. The Morgan fingerprint density at radius 3 is 2.66 bits per heavy atom. The maximum Gasteiger partial charge on any atom is 0.272 e. The molecule has 1 aliphatic rings. The van der Waals surface area contributed by atoms with Crippen LogP contribution in [0.25, 0.3) is 0 Å². The van der Waals surface area contributed by atoms with Crippen LogP contribution in [0, 0.1) is 0 Å². The molecule has 0 bridgehead atoms. The summed E-state index contributed by atoms with van der Waals surface area (Å²) in [6, 6.07) is 13.7. The number of phenolic OH excluding ortho intramolecular Hbond substituents is 1. The number of benzene rings is 2. The van der Waals surface area contributed by atoms with Gasteiger partial charge in [-0.2, -0.15) is 0 Å². The molecule has 0 aromatic heterocycles. The summed E-state index contributed by atoms with van der Waals surface area (Å²) in [5.74, 6) is 0.601. The molecule has 8 heteroatoms. The molecule has 1 saturated heterocycles. The smallest absolute Gasteiger partial charge is 0.272 e. The number of rotatable bonds is 9. The Bertz CT molecular complexity index is 832. The van der Waals surface area contributed by atoms with Crippen LogP contribution in [0.1, 0.15) is 6.42 Å². The van der Waals surface area contributed by atoms with Gasteiger partial charge in [0.25, 0.3) is 5.91 Å². The van der Waals surface area contributed by atoms with Gasteiger partial charge in [0.05, 0.1) is 6.54 Å². The zero-order valence-electron chi connectivity index (χ0n) is 16.0. The lowest BCUT2D eigenvalue weighted by molar-refractivity contribution is -0.913. The highest BCUT2D eigenvalue weighted by atomic mass is 35.5. The molecule has 1 unspecified atom stereocenters. The van der Waals surface area contributed by atoms with E-state index < -0.39 is 12.0 Å². The molecule has 2 aromatic rings. The third-order valence-corrected chi connectivity index (χ3v) is 5.27. The highest BCUT2D eigenvalue weighted by Crippen LogP contribution is 2.27. The molecule has 3 atom stereocenters. The molecule has 3 rings (SSSR count). The van der Waals surface area contributed by atoms with Crippen molar-refractivity contribution in [2.24, 2.45) is 5.73 Å². The molecule has 0 radical (unpaired) electrons. The molecule has 156 valence electrons. The first-order valence-electron chi connectivity index (χ1n) is 9.50. The van der Waals surface area contributed by atoms with Crippen molar-refractivity contribution < 1.29 is 29.0 Å². The number of carbonyl (C=O) groups is 1. The summed E-state index contributed by atoms with van der Waals surface area (Å²) in [6.07, 6.45) is -0.187. The Balaban J connectivity index is 1.60. The van der Waals surface area contributed by atoms with Crippen LogP contribution >= 0.6 is 11.6 Å². The molecule has 0 spiro atoms. The Hall–Kier alpha value is -2.48. The highest BCUT2D eigenvalue weighted by molar-refractivity contribution is 6.30. The van der Waals surface area contributed by atoms with Crippen LogP contribution in [0.3, 0.4) is 0 Å². The SMILES string of the molecule is NC(=O)C[N+]1(C[C@@H](O)COc2ccccc2O)CC[C@H](Oc2ccc(Cl)cc2)C1. The number of hydrogen-bond donors (Lipinski definition) is 3. The fourth-order valence-electron chi connectivity index (χ4n) is 3.80. The molecular formula is C21H26ClN2O5+. The van der Waals surface area contributed by atoms with Crippen molar-refractivity contribution in [2.75, 3.05) is 32.8 Å². The van der Waals surface area contributed by atoms with E-state index in [-0.39, 0.29) is 25.0 Å². The normalized spacial score (nSPS) is 22.2. The maximum atomic E-state index is 11.7. The standard InChI is InChI=1S/C21H25ClN2O5/c22-15-5-7-17(8-6-15)29-18-9-10-24(12-18,13-21(23)27)11-16(25)14-28-20-4-2-1-3-19(20)26/h1-8,16,18,25H,9-14H2,(H2-,23,26,27)/p+1/t16-,18+,24?/m1/s1. The largest absolute Gasteiger partial charge is 0.504 e. The average molecular weight is 422 g/mol. The number of nitrogens with zero attached hydrogens (tertiary/aromatic N) is 1. The van der Waals surface area contributed by atoms with E-state index in [1.807, 2.05) is 0 Å². The number of halogens is 1. The lowest BCUT2D eigenvalue weighted by Gasteiger charge is -2.35. The molecule has 29 heavy (non-hydrogen) atoms. The van der Waals surface area contributed by atoms with E-state index in [2.05, 4.69) is 0 Å². The second-order valence-corrected chi connectivity index (χ2v) is 7.91. The Morgan fingerprint density at radius 1 is 1.24 bits per heavy atom. The number of phenols is 1. The van der Waals surface area contributed by atoms with E-state index in [9.17, 15) is 15.0 Å². The molecule has 7 nitrogen and oxygen atoms in total. The zero-order chi connectivity index (χ0) is 20.9. The summed E-state index contributed by atoms with van der Waals surface area (Å²) in [5.41, 5.74) is 5.48. The molecule has 0 saturated carbocycles. The van der Waals surface area contributed by atoms with Crippen LogP contribution in [-0.4, -0.2) is 65.6 Å². The molecule has 1 amide bonds. The van der Waals surface area contributed by atoms with Gasteiger partial charge < -0.3 is 29.9 Å². The first kappa shape index (κ1) is 21.2. The third-order valence-electron chi connectivity index (χ3n) is 5.02. The van der Waals surface area contributed by atoms with Gasteiger partial charge in [0.15, 0.2) is 24.1 Å². The van der Waals surface area contributed by atoms with Crippen LogP contribution in [0.15, 0.2) is 48.5 Å². The number of aromatic hydroxyl groups is 1. The lowest BCUT2D eigenvalue weighted by atomic mass is 10.2. The van der Waals surface area contributed by atoms with Crippen LogP contribution in [0.4, 0.5) is 0 Å². The van der Waals surface area contributed by atoms with Crippen molar-refractivity contribution in [3.8, 4) is 17.2 Å². The van der Waals surface area contributed by atoms with Gasteiger partial charge in [0.2, 0.25) is 0 Å². The Morgan fingerprint density at radius 2 is 1.97 bits per heavy atom. The minimum atomic E-state index is -0.830. The number of carbonyl (C=O) groups excluding carboxylic acids is 1. The monoisotopic (exact) mass is 421 g/mol. The maximum absolute atomic E-state index is 11.7. The molecule has 1 aliphatic heterocycles. The van der Waals surface area contributed by atoms with Crippen molar-refractivity contribution in [3.05, 3.63) is 53.6 Å². The summed E-state index contributed by atoms with van der Waals surface area (Å²) in [6.45, 7) is 1.64. The second kappa shape index (κ2) is 9.35. The number of ether oxygens (including phenoxy) is 2. The Labute approximate surface area is 174 Å². The number of aliphatic hydroxyl groups is 1. The first-order chi connectivity index (χ1) is 13.8. The fourth-order valence-corrected chi connectivity index (χ4v) is 3.93. The van der Waals surface area contributed by atoms with E-state index in [1.165, 1.54) is 6.07 Å². The summed E-state index contributed by atoms with van der Waals surface area (Å²) < 4.78 is 11.9. The predicted octanol–water partition coefficient (Wildman–Crippen LogP) is 1.94. The minimum Gasteiger partial charge on any atom is -0.504 e. The van der Waals surface area contributed by atoms with Gasteiger partial charge in [0.1, 0.15) is 31.5 Å². The quantitative estimate of drug-likeness (QED) is 0.537. The lowest BCUT2D eigenvalue weighted by Crippen LogP contribution is -2.56. The van der Waals surface area contributed by atoms with Crippen LogP contribution in [-0.2, 0) is 4.79 Å². The van der Waals surface area contributed by atoms with E-state index in [4.69, 9.17) is 26.8 Å². The molecule has 1 fully saturated rings. The van der Waals surface area contributed by atoms with Crippen molar-refractivity contribution in [2.45, 2.75) is 18.6 Å². The highest BCUT2D eigenvalue weighted by Gasteiger charge is 2.42. The Kier molecular flexibility index (Phi) is 6.84. The zero-order valence-corrected chi connectivity index (χ0v) is 16.8. The van der Waals surface area contributed by atoms with E-state index in [1.54, 1.807) is 42.5 Å². The van der Waals surface area contributed by atoms with Crippen molar-refractivity contribution in [1.29, 1.82) is 0 Å². The third kappa shape index (κ3) is 6.00. The molecule has 1 heterocycles. The molecule has 0 aliphatic carbocycles. The van der Waals surface area contributed by atoms with E-state index in [0.717, 1.165) is 6.42 Å².